The van der Waals surface area contributed by atoms with Crippen LogP contribution in [0.2, 0.25) is 5.02 Å². The van der Waals surface area contributed by atoms with Gasteiger partial charge in [0.15, 0.2) is 0 Å². The predicted molar refractivity (Wildman–Crippen MR) is 94.2 cm³/mol. The molecule has 3 rings (SSSR count). The van der Waals surface area contributed by atoms with Crippen LogP contribution in [0.25, 0.3) is 10.2 Å². The van der Waals surface area contributed by atoms with Gasteiger partial charge in [-0.2, -0.15) is 0 Å². The SMILES string of the molecule is CCN(C)c1ccc(N=Nc2nc3ccc(Cl)cc3s2)cc1. The van der Waals surface area contributed by atoms with Gasteiger partial charge in [-0.15, -0.1) is 10.2 Å². The quantitative estimate of drug-likeness (QED) is 0.565. The Morgan fingerprint density at radius 3 is 2.64 bits per heavy atom. The minimum atomic E-state index is 0.631. The molecule has 0 bridgehead atoms. The van der Waals surface area contributed by atoms with Gasteiger partial charge in [-0.25, -0.2) is 4.98 Å². The van der Waals surface area contributed by atoms with Gasteiger partial charge in [0.2, 0.25) is 5.13 Å². The second-order valence-corrected chi connectivity index (χ2v) is 6.28. The van der Waals surface area contributed by atoms with Crippen LogP contribution in [0.3, 0.4) is 0 Å². The monoisotopic (exact) mass is 330 g/mol. The topological polar surface area (TPSA) is 40.9 Å². The number of anilines is 1. The molecule has 0 radical (unpaired) electrons. The van der Waals surface area contributed by atoms with E-state index in [0.717, 1.165) is 28.1 Å². The zero-order chi connectivity index (χ0) is 15.5. The highest BCUT2D eigenvalue weighted by Crippen LogP contribution is 2.31. The van der Waals surface area contributed by atoms with E-state index >= 15 is 0 Å². The summed E-state index contributed by atoms with van der Waals surface area (Å²) in [5.41, 5.74) is 2.87. The van der Waals surface area contributed by atoms with Crippen molar-refractivity contribution in [2.75, 3.05) is 18.5 Å². The van der Waals surface area contributed by atoms with Gasteiger partial charge in [0.25, 0.3) is 0 Å². The molecule has 0 aliphatic rings. The number of hydrogen-bond donors (Lipinski definition) is 0. The number of azo groups is 1. The Bertz CT molecular complexity index is 811. The molecule has 0 N–H and O–H groups in total. The minimum Gasteiger partial charge on any atom is -0.375 e. The Labute approximate surface area is 138 Å². The van der Waals surface area contributed by atoms with Gasteiger partial charge in [-0.05, 0) is 49.4 Å². The summed E-state index contributed by atoms with van der Waals surface area (Å²) in [4.78, 5) is 6.58. The zero-order valence-corrected chi connectivity index (χ0v) is 13.9. The first kappa shape index (κ1) is 14.9. The molecule has 3 aromatic rings. The summed E-state index contributed by atoms with van der Waals surface area (Å²) in [6, 6.07) is 13.6. The van der Waals surface area contributed by atoms with Crippen molar-refractivity contribution in [2.45, 2.75) is 6.92 Å². The molecular formula is C16H15ClN4S. The van der Waals surface area contributed by atoms with E-state index in [2.05, 4.69) is 34.1 Å². The molecule has 0 aliphatic carbocycles. The smallest absolute Gasteiger partial charge is 0.231 e. The van der Waals surface area contributed by atoms with Crippen molar-refractivity contribution in [3.63, 3.8) is 0 Å². The molecule has 6 heteroatoms. The van der Waals surface area contributed by atoms with Crippen molar-refractivity contribution in [3.05, 3.63) is 47.5 Å². The summed E-state index contributed by atoms with van der Waals surface area (Å²) in [6.45, 7) is 3.09. The number of nitrogens with zero attached hydrogens (tertiary/aromatic N) is 4. The number of hydrogen-bond acceptors (Lipinski definition) is 5. The Balaban J connectivity index is 1.80. The highest BCUT2D eigenvalue weighted by Gasteiger charge is 2.03. The van der Waals surface area contributed by atoms with Crippen LogP contribution in [-0.4, -0.2) is 18.6 Å². The normalized spacial score (nSPS) is 11.4. The molecule has 2 aromatic carbocycles. The van der Waals surface area contributed by atoms with E-state index in [9.17, 15) is 0 Å². The number of thiazole rings is 1. The average Bonchev–Trinajstić information content (AvgIpc) is 2.94. The van der Waals surface area contributed by atoms with Crippen molar-refractivity contribution in [1.29, 1.82) is 0 Å². The van der Waals surface area contributed by atoms with Crippen LogP contribution in [0.4, 0.5) is 16.5 Å². The van der Waals surface area contributed by atoms with E-state index in [4.69, 9.17) is 11.6 Å². The van der Waals surface area contributed by atoms with Crippen LogP contribution in [0.5, 0.6) is 0 Å². The maximum Gasteiger partial charge on any atom is 0.231 e. The third-order valence-electron chi connectivity index (χ3n) is 3.36. The van der Waals surface area contributed by atoms with Gasteiger partial charge in [0, 0.05) is 24.3 Å². The second kappa shape index (κ2) is 6.42. The van der Waals surface area contributed by atoms with Crippen LogP contribution in [0.1, 0.15) is 6.92 Å². The molecule has 0 unspecified atom stereocenters. The molecule has 1 heterocycles. The molecule has 0 amide bonds. The number of rotatable bonds is 4. The third-order valence-corrected chi connectivity index (χ3v) is 4.49. The van der Waals surface area contributed by atoms with E-state index in [0.29, 0.717) is 10.2 Å². The Kier molecular flexibility index (Phi) is 4.36. The van der Waals surface area contributed by atoms with E-state index in [-0.39, 0.29) is 0 Å². The van der Waals surface area contributed by atoms with Crippen molar-refractivity contribution in [2.24, 2.45) is 10.2 Å². The first-order valence-corrected chi connectivity index (χ1v) is 8.14. The van der Waals surface area contributed by atoms with Crippen molar-refractivity contribution >= 4 is 49.7 Å². The maximum atomic E-state index is 5.97. The molecule has 0 aliphatic heterocycles. The van der Waals surface area contributed by atoms with Crippen LogP contribution in [0, 0.1) is 0 Å². The molecule has 0 spiro atoms. The maximum absolute atomic E-state index is 5.97. The van der Waals surface area contributed by atoms with Crippen LogP contribution < -0.4 is 4.90 Å². The summed E-state index contributed by atoms with van der Waals surface area (Å²) >= 11 is 7.45. The molecule has 0 fully saturated rings. The predicted octanol–water partition coefficient (Wildman–Crippen LogP) is 5.82. The van der Waals surface area contributed by atoms with Gasteiger partial charge in [-0.3, -0.25) is 0 Å². The van der Waals surface area contributed by atoms with Gasteiger partial charge < -0.3 is 4.90 Å². The van der Waals surface area contributed by atoms with E-state index in [1.54, 1.807) is 0 Å². The Morgan fingerprint density at radius 2 is 1.91 bits per heavy atom. The molecule has 0 saturated carbocycles. The number of aromatic nitrogens is 1. The van der Waals surface area contributed by atoms with E-state index in [1.807, 2.05) is 42.5 Å². The van der Waals surface area contributed by atoms with E-state index < -0.39 is 0 Å². The fourth-order valence-corrected chi connectivity index (χ4v) is 3.05. The first-order chi connectivity index (χ1) is 10.7. The van der Waals surface area contributed by atoms with E-state index in [1.165, 1.54) is 11.3 Å². The van der Waals surface area contributed by atoms with Crippen molar-refractivity contribution < 1.29 is 0 Å². The van der Waals surface area contributed by atoms with Gasteiger partial charge in [-0.1, -0.05) is 22.9 Å². The van der Waals surface area contributed by atoms with Crippen LogP contribution in [0.15, 0.2) is 52.7 Å². The summed E-state index contributed by atoms with van der Waals surface area (Å²) in [7, 11) is 2.06. The number of benzene rings is 2. The lowest BCUT2D eigenvalue weighted by Crippen LogP contribution is -2.15. The Hall–Kier alpha value is -1.98. The highest BCUT2D eigenvalue weighted by molar-refractivity contribution is 7.21. The first-order valence-electron chi connectivity index (χ1n) is 6.95. The van der Waals surface area contributed by atoms with Gasteiger partial charge in [0.05, 0.1) is 15.9 Å². The highest BCUT2D eigenvalue weighted by atomic mass is 35.5. The molecular weight excluding hydrogens is 316 g/mol. The molecule has 112 valence electrons. The van der Waals surface area contributed by atoms with Gasteiger partial charge in [0.1, 0.15) is 0 Å². The summed E-state index contributed by atoms with van der Waals surface area (Å²) in [5, 5.41) is 9.79. The molecule has 0 atom stereocenters. The lowest BCUT2D eigenvalue weighted by Gasteiger charge is -2.16. The summed E-state index contributed by atoms with van der Waals surface area (Å²) < 4.78 is 1.02. The lowest BCUT2D eigenvalue weighted by molar-refractivity contribution is 0.968. The standard InChI is InChI=1S/C16H15ClN4S/c1-3-21(2)13-7-5-12(6-8-13)19-20-16-18-14-9-4-11(17)10-15(14)22-16/h4-10H,3H2,1-2H3. The van der Waals surface area contributed by atoms with Crippen molar-refractivity contribution in [3.8, 4) is 0 Å². The lowest BCUT2D eigenvalue weighted by atomic mass is 10.2. The second-order valence-electron chi connectivity index (χ2n) is 4.84. The fraction of sp³-hybridized carbons (Fsp3) is 0.188. The molecule has 22 heavy (non-hydrogen) atoms. The van der Waals surface area contributed by atoms with Gasteiger partial charge >= 0.3 is 0 Å². The molecule has 0 saturated heterocycles. The fourth-order valence-electron chi connectivity index (χ4n) is 1.99. The summed E-state index contributed by atoms with van der Waals surface area (Å²) in [6.07, 6.45) is 0. The third kappa shape index (κ3) is 3.26. The molecule has 1 aromatic heterocycles. The largest absolute Gasteiger partial charge is 0.375 e. The zero-order valence-electron chi connectivity index (χ0n) is 12.3. The van der Waals surface area contributed by atoms with Crippen molar-refractivity contribution in [1.82, 2.24) is 4.98 Å². The summed E-state index contributed by atoms with van der Waals surface area (Å²) in [5.74, 6) is 0. The minimum absolute atomic E-state index is 0.631. The number of fused-ring (bicyclic) bond motifs is 1. The molecule has 4 nitrogen and oxygen atoms in total. The number of halogens is 1. The van der Waals surface area contributed by atoms with Crippen LogP contribution >= 0.6 is 22.9 Å². The average molecular weight is 331 g/mol. The Morgan fingerprint density at radius 1 is 1.14 bits per heavy atom. The van der Waals surface area contributed by atoms with Crippen LogP contribution in [-0.2, 0) is 0 Å².